The van der Waals surface area contributed by atoms with E-state index in [1.807, 2.05) is 27.9 Å². The quantitative estimate of drug-likeness (QED) is 0.733. The minimum Gasteiger partial charge on any atom is -0.368 e. The van der Waals surface area contributed by atoms with Crippen molar-refractivity contribution >= 4 is 5.91 Å². The highest BCUT2D eigenvalue weighted by atomic mass is 16.5. The number of nitrogens with zero attached hydrogens (tertiary/aromatic N) is 1. The first-order valence-electron chi connectivity index (χ1n) is 6.06. The van der Waals surface area contributed by atoms with Crippen LogP contribution in [-0.4, -0.2) is 50.2 Å². The highest BCUT2D eigenvalue weighted by molar-refractivity contribution is 5.77. The van der Waals surface area contributed by atoms with E-state index in [9.17, 15) is 4.79 Å². The Balaban J connectivity index is 2.10. The maximum Gasteiger partial charge on any atom is 0.248 e. The number of nitrogens with one attached hydrogen (secondary N) is 1. The summed E-state index contributed by atoms with van der Waals surface area (Å²) in [7, 11) is 3.79. The number of likely N-dealkylation sites (N-methyl/N-ethyl adjacent to an activating group) is 1. The van der Waals surface area contributed by atoms with Gasteiger partial charge in [0.2, 0.25) is 5.91 Å². The Labute approximate surface area is 98.3 Å². The molecule has 0 unspecified atom stereocenters. The predicted molar refractivity (Wildman–Crippen MR) is 64.3 cm³/mol. The minimum absolute atomic E-state index is 0.0760. The van der Waals surface area contributed by atoms with Crippen LogP contribution in [-0.2, 0) is 9.53 Å². The summed E-state index contributed by atoms with van der Waals surface area (Å²) in [5.74, 6) is 0.806. The van der Waals surface area contributed by atoms with Gasteiger partial charge >= 0.3 is 0 Å². The van der Waals surface area contributed by atoms with Crippen molar-refractivity contribution < 1.29 is 9.53 Å². The summed E-state index contributed by atoms with van der Waals surface area (Å²) in [5, 5.41) is 3.16. The van der Waals surface area contributed by atoms with Gasteiger partial charge in [-0.25, -0.2) is 0 Å². The van der Waals surface area contributed by atoms with E-state index in [0.717, 1.165) is 25.3 Å². The third kappa shape index (κ3) is 3.76. The Kier molecular flexibility index (Phi) is 5.22. The average Bonchev–Trinajstić information content (AvgIpc) is 2.19. The molecular weight excluding hydrogens is 204 g/mol. The molecule has 1 aliphatic rings. The first kappa shape index (κ1) is 13.5. The monoisotopic (exact) mass is 228 g/mol. The van der Waals surface area contributed by atoms with Crippen molar-refractivity contribution in [2.45, 2.75) is 38.8 Å². The zero-order valence-corrected chi connectivity index (χ0v) is 10.8. The second-order valence-corrected chi connectivity index (χ2v) is 4.93. The van der Waals surface area contributed by atoms with Gasteiger partial charge in [-0.15, -0.1) is 0 Å². The number of rotatable bonds is 6. The Morgan fingerprint density at radius 2 is 2.12 bits per heavy atom. The zero-order valence-electron chi connectivity index (χ0n) is 10.8. The molecule has 0 bridgehead atoms. The van der Waals surface area contributed by atoms with Crippen LogP contribution in [0.3, 0.4) is 0 Å². The van der Waals surface area contributed by atoms with Crippen LogP contribution in [0.1, 0.15) is 26.7 Å². The van der Waals surface area contributed by atoms with Gasteiger partial charge in [-0.2, -0.15) is 0 Å². The average molecular weight is 228 g/mol. The van der Waals surface area contributed by atoms with Crippen LogP contribution in [0.2, 0.25) is 0 Å². The summed E-state index contributed by atoms with van der Waals surface area (Å²) in [6, 6.07) is 0.245. The summed E-state index contributed by atoms with van der Waals surface area (Å²) in [6.07, 6.45) is 2.46. The molecule has 0 aromatic heterocycles. The first-order valence-corrected chi connectivity index (χ1v) is 6.06. The van der Waals surface area contributed by atoms with Gasteiger partial charge < -0.3 is 15.0 Å². The van der Waals surface area contributed by atoms with Gasteiger partial charge in [-0.1, -0.05) is 0 Å². The Morgan fingerprint density at radius 1 is 1.50 bits per heavy atom. The van der Waals surface area contributed by atoms with E-state index in [2.05, 4.69) is 5.32 Å². The first-order chi connectivity index (χ1) is 7.54. The molecule has 1 N–H and O–H groups in total. The van der Waals surface area contributed by atoms with E-state index < -0.39 is 0 Å². The predicted octanol–water partition coefficient (Wildman–Crippen LogP) is 0.868. The van der Waals surface area contributed by atoms with Crippen molar-refractivity contribution in [3.8, 4) is 0 Å². The van der Waals surface area contributed by atoms with Crippen LogP contribution in [0.15, 0.2) is 0 Å². The molecule has 1 amide bonds. The molecule has 94 valence electrons. The smallest absolute Gasteiger partial charge is 0.248 e. The lowest BCUT2D eigenvalue weighted by Gasteiger charge is -2.35. The lowest BCUT2D eigenvalue weighted by atomic mass is 9.82. The molecule has 0 heterocycles. The number of hydrogen-bond acceptors (Lipinski definition) is 3. The summed E-state index contributed by atoms with van der Waals surface area (Å²) >= 11 is 0. The highest BCUT2D eigenvalue weighted by Gasteiger charge is 2.29. The molecule has 4 nitrogen and oxygen atoms in total. The second-order valence-electron chi connectivity index (χ2n) is 4.93. The molecule has 1 rings (SSSR count). The number of amides is 1. The lowest BCUT2D eigenvalue weighted by molar-refractivity contribution is -0.141. The molecule has 0 atom stereocenters. The van der Waals surface area contributed by atoms with Gasteiger partial charge in [0.05, 0.1) is 6.10 Å². The number of hydrogen-bond donors (Lipinski definition) is 1. The van der Waals surface area contributed by atoms with E-state index in [0.29, 0.717) is 6.10 Å². The summed E-state index contributed by atoms with van der Waals surface area (Å²) in [5.41, 5.74) is 0. The van der Waals surface area contributed by atoms with Crippen LogP contribution < -0.4 is 5.32 Å². The molecule has 16 heavy (non-hydrogen) atoms. The summed E-state index contributed by atoms with van der Waals surface area (Å²) < 4.78 is 5.57. The van der Waals surface area contributed by atoms with Gasteiger partial charge in [0.25, 0.3) is 0 Å². The molecule has 0 radical (unpaired) electrons. The molecule has 1 fully saturated rings. The molecule has 0 aromatic rings. The van der Waals surface area contributed by atoms with Gasteiger partial charge in [-0.05, 0) is 46.2 Å². The largest absolute Gasteiger partial charge is 0.368 e. The van der Waals surface area contributed by atoms with Crippen LogP contribution >= 0.6 is 0 Å². The third-order valence-electron chi connectivity index (χ3n) is 3.30. The number of carbonyl (C=O) groups is 1. The SMILES string of the molecule is CNCC1CC(OCC(=O)N(C)C(C)C)C1. The van der Waals surface area contributed by atoms with Crippen molar-refractivity contribution in [2.24, 2.45) is 5.92 Å². The number of carbonyl (C=O) groups excluding carboxylic acids is 1. The topological polar surface area (TPSA) is 41.6 Å². The van der Waals surface area contributed by atoms with E-state index in [1.54, 1.807) is 4.90 Å². The van der Waals surface area contributed by atoms with Crippen molar-refractivity contribution in [1.82, 2.24) is 10.2 Å². The standard InChI is InChI=1S/C12H24N2O2/c1-9(2)14(4)12(15)8-16-11-5-10(6-11)7-13-3/h9-11,13H,5-8H2,1-4H3. The van der Waals surface area contributed by atoms with Crippen molar-refractivity contribution in [1.29, 1.82) is 0 Å². The fourth-order valence-corrected chi connectivity index (χ4v) is 1.84. The summed E-state index contributed by atoms with van der Waals surface area (Å²) in [6.45, 7) is 5.29. The van der Waals surface area contributed by atoms with Gasteiger partial charge in [-0.3, -0.25) is 4.79 Å². The van der Waals surface area contributed by atoms with Crippen LogP contribution in [0.25, 0.3) is 0 Å². The molecular formula is C12H24N2O2. The van der Waals surface area contributed by atoms with E-state index in [4.69, 9.17) is 4.74 Å². The van der Waals surface area contributed by atoms with Gasteiger partial charge in [0.1, 0.15) is 6.61 Å². The Morgan fingerprint density at radius 3 is 2.62 bits per heavy atom. The fourth-order valence-electron chi connectivity index (χ4n) is 1.84. The normalized spacial score (nSPS) is 24.3. The maximum absolute atomic E-state index is 11.6. The molecule has 1 aliphatic carbocycles. The van der Waals surface area contributed by atoms with Gasteiger partial charge in [0.15, 0.2) is 0 Å². The van der Waals surface area contributed by atoms with E-state index in [1.165, 1.54) is 0 Å². The van der Waals surface area contributed by atoms with Crippen molar-refractivity contribution in [2.75, 3.05) is 27.2 Å². The van der Waals surface area contributed by atoms with Crippen LogP contribution in [0.5, 0.6) is 0 Å². The van der Waals surface area contributed by atoms with E-state index >= 15 is 0 Å². The van der Waals surface area contributed by atoms with Crippen molar-refractivity contribution in [3.05, 3.63) is 0 Å². The minimum atomic E-state index is 0.0760. The molecule has 0 spiro atoms. The number of ether oxygens (including phenoxy) is 1. The fraction of sp³-hybridized carbons (Fsp3) is 0.917. The summed E-state index contributed by atoms with van der Waals surface area (Å²) in [4.78, 5) is 13.4. The lowest BCUT2D eigenvalue weighted by Crippen LogP contribution is -2.41. The highest BCUT2D eigenvalue weighted by Crippen LogP contribution is 2.29. The van der Waals surface area contributed by atoms with Crippen molar-refractivity contribution in [3.63, 3.8) is 0 Å². The maximum atomic E-state index is 11.6. The van der Waals surface area contributed by atoms with Crippen LogP contribution in [0.4, 0.5) is 0 Å². The molecule has 1 saturated carbocycles. The molecule has 0 aromatic carbocycles. The molecule has 0 saturated heterocycles. The second kappa shape index (κ2) is 6.21. The Bertz CT molecular complexity index is 225. The molecule has 4 heteroatoms. The Hall–Kier alpha value is -0.610. The zero-order chi connectivity index (χ0) is 12.1. The van der Waals surface area contributed by atoms with Gasteiger partial charge in [0, 0.05) is 13.1 Å². The van der Waals surface area contributed by atoms with E-state index in [-0.39, 0.29) is 18.6 Å². The molecule has 0 aliphatic heterocycles. The van der Waals surface area contributed by atoms with Crippen LogP contribution in [0, 0.1) is 5.92 Å². The third-order valence-corrected chi connectivity index (χ3v) is 3.30.